The average molecular weight is 490 g/mol. The highest BCUT2D eigenvalue weighted by Crippen LogP contribution is 2.35. The predicted octanol–water partition coefficient (Wildman–Crippen LogP) is 3.82. The Morgan fingerprint density at radius 3 is 2.58 bits per heavy atom. The maximum absolute atomic E-state index is 13.3. The van der Waals surface area contributed by atoms with Gasteiger partial charge >= 0.3 is 0 Å². The van der Waals surface area contributed by atoms with Gasteiger partial charge < -0.3 is 24.3 Å². The molecule has 0 saturated carbocycles. The molecule has 8 heteroatoms. The molecule has 0 spiro atoms. The third kappa shape index (κ3) is 5.71. The summed E-state index contributed by atoms with van der Waals surface area (Å²) < 4.78 is 22.0. The van der Waals surface area contributed by atoms with Crippen LogP contribution >= 0.6 is 0 Å². The SMILES string of the molecule is COc1ccc(OCCN2CCC(C(=O)NC(c3ccc4c(c3)OCO4)c3ccccn3)CC2)cc1. The summed E-state index contributed by atoms with van der Waals surface area (Å²) in [4.78, 5) is 20.2. The van der Waals surface area contributed by atoms with Gasteiger partial charge in [0.05, 0.1) is 18.8 Å². The van der Waals surface area contributed by atoms with Gasteiger partial charge in [-0.2, -0.15) is 0 Å². The number of likely N-dealkylation sites (tertiary alicyclic amines) is 1. The van der Waals surface area contributed by atoms with Gasteiger partial charge in [0, 0.05) is 18.7 Å². The normalized spacial score (nSPS) is 16.4. The number of hydrogen-bond acceptors (Lipinski definition) is 7. The van der Waals surface area contributed by atoms with Gasteiger partial charge in [0.2, 0.25) is 12.7 Å². The lowest BCUT2D eigenvalue weighted by molar-refractivity contribution is -0.127. The molecule has 1 amide bonds. The Kier molecular flexibility index (Phi) is 7.52. The highest BCUT2D eigenvalue weighted by atomic mass is 16.7. The Labute approximate surface area is 211 Å². The van der Waals surface area contributed by atoms with Gasteiger partial charge in [-0.3, -0.25) is 14.7 Å². The monoisotopic (exact) mass is 489 g/mol. The molecular formula is C28H31N3O5. The van der Waals surface area contributed by atoms with E-state index < -0.39 is 0 Å². The number of rotatable bonds is 9. The zero-order chi connectivity index (χ0) is 24.7. The lowest BCUT2D eigenvalue weighted by Gasteiger charge is -2.32. The molecule has 5 rings (SSSR count). The van der Waals surface area contributed by atoms with Crippen molar-refractivity contribution in [3.8, 4) is 23.0 Å². The van der Waals surface area contributed by atoms with E-state index in [4.69, 9.17) is 18.9 Å². The van der Waals surface area contributed by atoms with Gasteiger partial charge in [0.1, 0.15) is 18.1 Å². The number of carbonyl (C=O) groups excluding carboxylic acids is 1. The first-order valence-corrected chi connectivity index (χ1v) is 12.3. The molecule has 3 aromatic rings. The second kappa shape index (κ2) is 11.3. The molecule has 1 aromatic heterocycles. The van der Waals surface area contributed by atoms with Crippen LogP contribution in [0.2, 0.25) is 0 Å². The van der Waals surface area contributed by atoms with E-state index in [1.165, 1.54) is 0 Å². The van der Waals surface area contributed by atoms with Crippen molar-refractivity contribution in [1.29, 1.82) is 0 Å². The average Bonchev–Trinajstić information content (AvgIpc) is 3.41. The van der Waals surface area contributed by atoms with E-state index in [1.54, 1.807) is 13.3 Å². The summed E-state index contributed by atoms with van der Waals surface area (Å²) >= 11 is 0. The van der Waals surface area contributed by atoms with Crippen LogP contribution in [0.1, 0.15) is 30.1 Å². The van der Waals surface area contributed by atoms with E-state index in [1.807, 2.05) is 60.7 Å². The first-order valence-electron chi connectivity index (χ1n) is 12.3. The Morgan fingerprint density at radius 2 is 1.83 bits per heavy atom. The van der Waals surface area contributed by atoms with Crippen LogP contribution in [0.3, 0.4) is 0 Å². The van der Waals surface area contributed by atoms with Crippen LogP contribution in [0.4, 0.5) is 0 Å². The highest BCUT2D eigenvalue weighted by Gasteiger charge is 2.28. The van der Waals surface area contributed by atoms with Crippen LogP contribution < -0.4 is 24.3 Å². The third-order valence-corrected chi connectivity index (χ3v) is 6.69. The number of pyridine rings is 1. The van der Waals surface area contributed by atoms with Crippen molar-refractivity contribution >= 4 is 5.91 Å². The van der Waals surface area contributed by atoms with Crippen molar-refractivity contribution in [2.75, 3.05) is 40.1 Å². The molecule has 1 unspecified atom stereocenters. The molecular weight excluding hydrogens is 458 g/mol. The number of piperidine rings is 1. The fourth-order valence-electron chi connectivity index (χ4n) is 4.61. The molecule has 1 fully saturated rings. The third-order valence-electron chi connectivity index (χ3n) is 6.69. The topological polar surface area (TPSA) is 82.2 Å². The van der Waals surface area contributed by atoms with Crippen LogP contribution in [0, 0.1) is 5.92 Å². The Morgan fingerprint density at radius 1 is 1.06 bits per heavy atom. The minimum atomic E-state index is -0.357. The zero-order valence-corrected chi connectivity index (χ0v) is 20.4. The van der Waals surface area contributed by atoms with Crippen LogP contribution in [0.15, 0.2) is 66.9 Å². The molecule has 0 aliphatic carbocycles. The molecule has 3 heterocycles. The summed E-state index contributed by atoms with van der Waals surface area (Å²) in [5.41, 5.74) is 1.71. The highest BCUT2D eigenvalue weighted by molar-refractivity contribution is 5.79. The fraction of sp³-hybridized carbons (Fsp3) is 0.357. The van der Waals surface area contributed by atoms with Crippen molar-refractivity contribution in [1.82, 2.24) is 15.2 Å². The Bertz CT molecular complexity index is 1150. The van der Waals surface area contributed by atoms with E-state index >= 15 is 0 Å². The largest absolute Gasteiger partial charge is 0.497 e. The summed E-state index contributed by atoms with van der Waals surface area (Å²) in [6.07, 6.45) is 3.36. The van der Waals surface area contributed by atoms with Crippen LogP contribution in [0.25, 0.3) is 0 Å². The number of hydrogen-bond donors (Lipinski definition) is 1. The van der Waals surface area contributed by atoms with Crippen molar-refractivity contribution in [3.63, 3.8) is 0 Å². The number of nitrogens with one attached hydrogen (secondary N) is 1. The number of carbonyl (C=O) groups is 1. The smallest absolute Gasteiger partial charge is 0.231 e. The molecule has 2 aromatic carbocycles. The lowest BCUT2D eigenvalue weighted by atomic mass is 9.94. The van der Waals surface area contributed by atoms with Crippen molar-refractivity contribution in [2.24, 2.45) is 5.92 Å². The molecule has 188 valence electrons. The quantitative estimate of drug-likeness (QED) is 0.489. The van der Waals surface area contributed by atoms with Gasteiger partial charge in [-0.15, -0.1) is 0 Å². The number of amides is 1. The second-order valence-corrected chi connectivity index (χ2v) is 8.95. The summed E-state index contributed by atoms with van der Waals surface area (Å²) in [7, 11) is 1.65. The van der Waals surface area contributed by atoms with E-state index in [2.05, 4.69) is 15.2 Å². The Balaban J connectivity index is 1.15. The van der Waals surface area contributed by atoms with Gasteiger partial charge in [-0.1, -0.05) is 12.1 Å². The van der Waals surface area contributed by atoms with Crippen molar-refractivity contribution in [2.45, 2.75) is 18.9 Å². The molecule has 2 aliphatic heterocycles. The summed E-state index contributed by atoms with van der Waals surface area (Å²) in [6, 6.07) is 18.7. The van der Waals surface area contributed by atoms with Gasteiger partial charge in [-0.25, -0.2) is 0 Å². The second-order valence-electron chi connectivity index (χ2n) is 8.95. The number of aromatic nitrogens is 1. The number of benzene rings is 2. The van der Waals surface area contributed by atoms with Gasteiger partial charge in [-0.05, 0) is 80.0 Å². The molecule has 2 aliphatic rings. The maximum Gasteiger partial charge on any atom is 0.231 e. The van der Waals surface area contributed by atoms with E-state index in [-0.39, 0.29) is 24.7 Å². The number of ether oxygens (including phenoxy) is 4. The standard InChI is InChI=1S/C28H31N3O5/c1-33-22-6-8-23(9-7-22)34-17-16-31-14-11-20(12-15-31)28(32)30-27(24-4-2-3-13-29-24)21-5-10-25-26(18-21)36-19-35-25/h2-10,13,18,20,27H,11-12,14-17,19H2,1H3,(H,30,32). The fourth-order valence-corrected chi connectivity index (χ4v) is 4.61. The van der Waals surface area contributed by atoms with E-state index in [0.29, 0.717) is 18.1 Å². The molecule has 36 heavy (non-hydrogen) atoms. The van der Waals surface area contributed by atoms with Crippen LogP contribution in [0.5, 0.6) is 23.0 Å². The minimum absolute atomic E-state index is 0.0380. The van der Waals surface area contributed by atoms with Crippen LogP contribution in [-0.2, 0) is 4.79 Å². The molecule has 1 atom stereocenters. The van der Waals surface area contributed by atoms with Gasteiger partial charge in [0.25, 0.3) is 0 Å². The van der Waals surface area contributed by atoms with Crippen molar-refractivity contribution in [3.05, 3.63) is 78.1 Å². The molecule has 0 bridgehead atoms. The predicted molar refractivity (Wildman–Crippen MR) is 134 cm³/mol. The van der Waals surface area contributed by atoms with Crippen LogP contribution in [-0.4, -0.2) is 55.9 Å². The van der Waals surface area contributed by atoms with Gasteiger partial charge in [0.15, 0.2) is 11.5 Å². The lowest BCUT2D eigenvalue weighted by Crippen LogP contribution is -2.42. The molecule has 0 radical (unpaired) electrons. The summed E-state index contributed by atoms with van der Waals surface area (Å²) in [6.45, 7) is 3.37. The summed E-state index contributed by atoms with van der Waals surface area (Å²) in [5, 5.41) is 3.25. The Hall–Kier alpha value is -3.78. The first-order chi connectivity index (χ1) is 17.7. The maximum atomic E-state index is 13.3. The summed E-state index contributed by atoms with van der Waals surface area (Å²) in [5.74, 6) is 3.06. The molecule has 8 nitrogen and oxygen atoms in total. The molecule has 1 saturated heterocycles. The number of nitrogens with zero attached hydrogens (tertiary/aromatic N) is 2. The minimum Gasteiger partial charge on any atom is -0.497 e. The zero-order valence-electron chi connectivity index (χ0n) is 20.4. The molecule has 1 N–H and O–H groups in total. The van der Waals surface area contributed by atoms with E-state index in [0.717, 1.165) is 55.2 Å². The van der Waals surface area contributed by atoms with Crippen molar-refractivity contribution < 1.29 is 23.7 Å². The van der Waals surface area contributed by atoms with E-state index in [9.17, 15) is 4.79 Å². The number of fused-ring (bicyclic) bond motifs is 1. The first kappa shape index (κ1) is 23.9. The number of methoxy groups -OCH3 is 1.